The van der Waals surface area contributed by atoms with Crippen molar-refractivity contribution in [1.82, 2.24) is 4.90 Å². The summed E-state index contributed by atoms with van der Waals surface area (Å²) in [6.45, 7) is 4.46. The van der Waals surface area contributed by atoms with E-state index in [9.17, 15) is 14.7 Å². The molecule has 2 rings (SSSR count). The fraction of sp³-hybridized carbons (Fsp3) is 0.500. The average Bonchev–Trinajstić information content (AvgIpc) is 2.58. The van der Waals surface area contributed by atoms with Gasteiger partial charge in [0.25, 0.3) is 5.91 Å². The van der Waals surface area contributed by atoms with Gasteiger partial charge in [0.05, 0.1) is 5.60 Å². The van der Waals surface area contributed by atoms with Crippen molar-refractivity contribution in [1.29, 1.82) is 0 Å². The number of benzene rings is 1. The summed E-state index contributed by atoms with van der Waals surface area (Å²) in [5.74, 6) is -0.217. The Labute approximate surface area is 125 Å². The van der Waals surface area contributed by atoms with Crippen LogP contribution in [-0.4, -0.2) is 40.5 Å². The van der Waals surface area contributed by atoms with Crippen molar-refractivity contribution in [3.63, 3.8) is 0 Å². The van der Waals surface area contributed by atoms with Gasteiger partial charge in [-0.15, -0.1) is 0 Å². The van der Waals surface area contributed by atoms with Gasteiger partial charge in [-0.1, -0.05) is 6.07 Å². The molecular formula is C16H22N2O3. The number of hydrogen-bond acceptors (Lipinski definition) is 3. The lowest BCUT2D eigenvalue weighted by Gasteiger charge is -2.22. The van der Waals surface area contributed by atoms with E-state index < -0.39 is 5.60 Å². The number of carbonyl (C=O) groups is 2. The van der Waals surface area contributed by atoms with Gasteiger partial charge in [0.2, 0.25) is 5.91 Å². The highest BCUT2D eigenvalue weighted by atomic mass is 16.3. The fourth-order valence-corrected chi connectivity index (χ4v) is 2.58. The predicted octanol–water partition coefficient (Wildman–Crippen LogP) is 2.02. The summed E-state index contributed by atoms with van der Waals surface area (Å²) in [7, 11) is 0. The van der Waals surface area contributed by atoms with Gasteiger partial charge < -0.3 is 15.3 Å². The monoisotopic (exact) mass is 290 g/mol. The molecule has 5 nitrogen and oxygen atoms in total. The van der Waals surface area contributed by atoms with E-state index in [-0.39, 0.29) is 11.8 Å². The van der Waals surface area contributed by atoms with E-state index in [0.29, 0.717) is 37.2 Å². The average molecular weight is 290 g/mol. The molecule has 0 aromatic heterocycles. The van der Waals surface area contributed by atoms with Gasteiger partial charge in [-0.3, -0.25) is 9.59 Å². The second-order valence-corrected chi connectivity index (χ2v) is 5.90. The smallest absolute Gasteiger partial charge is 0.253 e. The highest BCUT2D eigenvalue weighted by Gasteiger charge is 2.27. The van der Waals surface area contributed by atoms with E-state index in [1.807, 2.05) is 6.92 Å². The van der Waals surface area contributed by atoms with E-state index in [1.54, 1.807) is 29.2 Å². The number of nitrogens with zero attached hydrogens (tertiary/aromatic N) is 1. The maximum atomic E-state index is 12.5. The van der Waals surface area contributed by atoms with Crippen molar-refractivity contribution in [2.75, 3.05) is 18.4 Å². The van der Waals surface area contributed by atoms with Crippen LogP contribution >= 0.6 is 0 Å². The van der Waals surface area contributed by atoms with Crippen molar-refractivity contribution < 1.29 is 14.7 Å². The molecular weight excluding hydrogens is 268 g/mol. The summed E-state index contributed by atoms with van der Waals surface area (Å²) in [5, 5.41) is 12.8. The highest BCUT2D eigenvalue weighted by molar-refractivity contribution is 5.96. The SMILES string of the molecule is CC(=O)Nc1cccc(C(=O)N2CCCC(C)(O)CC2)c1. The topological polar surface area (TPSA) is 69.6 Å². The zero-order valence-electron chi connectivity index (χ0n) is 12.6. The van der Waals surface area contributed by atoms with Gasteiger partial charge in [0.15, 0.2) is 0 Å². The molecule has 1 aromatic rings. The van der Waals surface area contributed by atoms with Gasteiger partial charge in [-0.25, -0.2) is 0 Å². The number of likely N-dealkylation sites (tertiary alicyclic amines) is 1. The van der Waals surface area contributed by atoms with Gasteiger partial charge in [0.1, 0.15) is 0 Å². The molecule has 0 radical (unpaired) electrons. The third kappa shape index (κ3) is 4.29. The Morgan fingerprint density at radius 2 is 2.05 bits per heavy atom. The quantitative estimate of drug-likeness (QED) is 0.875. The first-order valence-electron chi connectivity index (χ1n) is 7.27. The standard InChI is InChI=1S/C16H22N2O3/c1-12(19)17-14-6-3-5-13(11-14)15(20)18-9-4-7-16(2,21)8-10-18/h3,5-6,11,21H,4,7-10H2,1-2H3,(H,17,19). The van der Waals surface area contributed by atoms with Gasteiger partial charge in [-0.2, -0.15) is 0 Å². The minimum absolute atomic E-state index is 0.0556. The number of rotatable bonds is 2. The lowest BCUT2D eigenvalue weighted by atomic mass is 9.98. The molecule has 1 heterocycles. The first kappa shape index (κ1) is 15.5. The van der Waals surface area contributed by atoms with Crippen LogP contribution in [0.15, 0.2) is 24.3 Å². The molecule has 1 fully saturated rings. The van der Waals surface area contributed by atoms with Crippen LogP contribution in [0.3, 0.4) is 0 Å². The second kappa shape index (κ2) is 6.26. The summed E-state index contributed by atoms with van der Waals surface area (Å²) < 4.78 is 0. The van der Waals surface area contributed by atoms with Crippen LogP contribution in [0.25, 0.3) is 0 Å². The number of hydrogen-bond donors (Lipinski definition) is 2. The van der Waals surface area contributed by atoms with Gasteiger partial charge in [0, 0.05) is 31.3 Å². The maximum absolute atomic E-state index is 12.5. The summed E-state index contributed by atoms with van der Waals surface area (Å²) in [5.41, 5.74) is 0.491. The summed E-state index contributed by atoms with van der Waals surface area (Å²) in [6.07, 6.45) is 2.09. The molecule has 1 atom stereocenters. The molecule has 1 aromatic carbocycles. The fourth-order valence-electron chi connectivity index (χ4n) is 2.58. The Bertz CT molecular complexity index is 540. The molecule has 0 spiro atoms. The second-order valence-electron chi connectivity index (χ2n) is 5.90. The van der Waals surface area contributed by atoms with Crippen molar-refractivity contribution in [3.8, 4) is 0 Å². The van der Waals surface area contributed by atoms with Gasteiger partial charge in [-0.05, 0) is 44.4 Å². The molecule has 0 bridgehead atoms. The van der Waals surface area contributed by atoms with E-state index in [1.165, 1.54) is 6.92 Å². The normalized spacial score (nSPS) is 22.5. The molecule has 5 heteroatoms. The Morgan fingerprint density at radius 1 is 1.29 bits per heavy atom. The van der Waals surface area contributed by atoms with Crippen LogP contribution in [0.1, 0.15) is 43.5 Å². The van der Waals surface area contributed by atoms with Crippen LogP contribution in [0.5, 0.6) is 0 Å². The summed E-state index contributed by atoms with van der Waals surface area (Å²) in [4.78, 5) is 25.4. The predicted molar refractivity (Wildman–Crippen MR) is 81.1 cm³/mol. The molecule has 0 aliphatic carbocycles. The zero-order chi connectivity index (χ0) is 15.5. The van der Waals surface area contributed by atoms with E-state index in [4.69, 9.17) is 0 Å². The van der Waals surface area contributed by atoms with Crippen molar-refractivity contribution >= 4 is 17.5 Å². The lowest BCUT2D eigenvalue weighted by molar-refractivity contribution is -0.114. The Hall–Kier alpha value is -1.88. The zero-order valence-corrected chi connectivity index (χ0v) is 12.6. The first-order chi connectivity index (χ1) is 9.87. The van der Waals surface area contributed by atoms with E-state index in [0.717, 1.165) is 6.42 Å². The number of anilines is 1. The van der Waals surface area contributed by atoms with Crippen LogP contribution in [0, 0.1) is 0 Å². The molecule has 1 saturated heterocycles. The Morgan fingerprint density at radius 3 is 2.76 bits per heavy atom. The number of carbonyl (C=O) groups excluding carboxylic acids is 2. The molecule has 21 heavy (non-hydrogen) atoms. The van der Waals surface area contributed by atoms with Gasteiger partial charge >= 0.3 is 0 Å². The molecule has 1 aliphatic heterocycles. The number of amides is 2. The molecule has 0 saturated carbocycles. The highest BCUT2D eigenvalue weighted by Crippen LogP contribution is 2.23. The summed E-state index contributed by atoms with van der Waals surface area (Å²) in [6, 6.07) is 6.95. The third-order valence-corrected chi connectivity index (χ3v) is 3.78. The van der Waals surface area contributed by atoms with Crippen LogP contribution in [0.4, 0.5) is 5.69 Å². The van der Waals surface area contributed by atoms with Crippen LogP contribution in [0.2, 0.25) is 0 Å². The number of nitrogens with one attached hydrogen (secondary N) is 1. The molecule has 114 valence electrons. The van der Waals surface area contributed by atoms with Crippen LogP contribution in [-0.2, 0) is 4.79 Å². The number of aliphatic hydroxyl groups is 1. The Kier molecular flexibility index (Phi) is 4.63. The molecule has 2 amide bonds. The minimum Gasteiger partial charge on any atom is -0.390 e. The summed E-state index contributed by atoms with van der Waals surface area (Å²) >= 11 is 0. The van der Waals surface area contributed by atoms with Crippen LogP contribution < -0.4 is 5.32 Å². The minimum atomic E-state index is -0.687. The molecule has 1 unspecified atom stereocenters. The third-order valence-electron chi connectivity index (χ3n) is 3.78. The van der Waals surface area contributed by atoms with E-state index >= 15 is 0 Å². The molecule has 1 aliphatic rings. The molecule has 2 N–H and O–H groups in total. The van der Waals surface area contributed by atoms with Crippen molar-refractivity contribution in [2.45, 2.75) is 38.7 Å². The van der Waals surface area contributed by atoms with Crippen molar-refractivity contribution in [3.05, 3.63) is 29.8 Å². The van der Waals surface area contributed by atoms with Crippen molar-refractivity contribution in [2.24, 2.45) is 0 Å². The lowest BCUT2D eigenvalue weighted by Crippen LogP contribution is -2.33. The maximum Gasteiger partial charge on any atom is 0.253 e. The largest absolute Gasteiger partial charge is 0.390 e. The first-order valence-corrected chi connectivity index (χ1v) is 7.27. The van der Waals surface area contributed by atoms with E-state index in [2.05, 4.69) is 5.32 Å². The Balaban J connectivity index is 2.10.